The van der Waals surface area contributed by atoms with Gasteiger partial charge in [-0.05, 0) is 29.8 Å². The van der Waals surface area contributed by atoms with Gasteiger partial charge in [0.15, 0.2) is 0 Å². The molecule has 0 saturated carbocycles. The Morgan fingerprint density at radius 3 is 2.69 bits per heavy atom. The highest BCUT2D eigenvalue weighted by atomic mass is 19.1. The second-order valence-corrected chi connectivity index (χ2v) is 6.90. The highest BCUT2D eigenvalue weighted by Gasteiger charge is 2.24. The Morgan fingerprint density at radius 2 is 1.97 bits per heavy atom. The zero-order valence-corrected chi connectivity index (χ0v) is 15.9. The average molecular weight is 388 g/mol. The van der Waals surface area contributed by atoms with Crippen LogP contribution in [0.25, 0.3) is 5.83 Å². The van der Waals surface area contributed by atoms with E-state index >= 15 is 0 Å². The molecule has 0 bridgehead atoms. The summed E-state index contributed by atoms with van der Waals surface area (Å²) in [7, 11) is 0. The third kappa shape index (κ3) is 4.07. The Bertz CT molecular complexity index is 1020. The molecule has 1 atom stereocenters. The number of halogens is 1. The van der Waals surface area contributed by atoms with E-state index in [4.69, 9.17) is 0 Å². The van der Waals surface area contributed by atoms with E-state index in [-0.39, 0.29) is 23.1 Å². The average Bonchev–Trinajstić information content (AvgIpc) is 2.79. The van der Waals surface area contributed by atoms with Crippen LogP contribution < -0.4 is 10.2 Å². The second kappa shape index (κ2) is 8.32. The van der Waals surface area contributed by atoms with Crippen LogP contribution in [-0.4, -0.2) is 35.4 Å². The lowest BCUT2D eigenvalue weighted by atomic mass is 10.0. The number of rotatable bonds is 5. The summed E-state index contributed by atoms with van der Waals surface area (Å²) in [6.45, 7) is 5.58. The number of nitrogens with zero attached hydrogens (tertiary/aromatic N) is 3. The first-order valence-corrected chi connectivity index (χ1v) is 9.47. The third-order valence-electron chi connectivity index (χ3n) is 5.01. The first-order chi connectivity index (χ1) is 14.1. The molecule has 3 heterocycles. The summed E-state index contributed by atoms with van der Waals surface area (Å²) < 4.78 is 14.0. The van der Waals surface area contributed by atoms with Crippen molar-refractivity contribution in [3.8, 4) is 0 Å². The predicted molar refractivity (Wildman–Crippen MR) is 111 cm³/mol. The van der Waals surface area contributed by atoms with Gasteiger partial charge in [-0.3, -0.25) is 9.78 Å². The molecule has 1 unspecified atom stereocenters. The van der Waals surface area contributed by atoms with Gasteiger partial charge in [0, 0.05) is 49.2 Å². The molecule has 0 aliphatic carbocycles. The van der Waals surface area contributed by atoms with Crippen LogP contribution in [0.1, 0.15) is 33.2 Å². The molecule has 0 radical (unpaired) electrons. The Hall–Kier alpha value is -3.38. The van der Waals surface area contributed by atoms with Gasteiger partial charge in [-0.25, -0.2) is 9.37 Å². The maximum atomic E-state index is 14.0. The standard InChI is InChI=1S/C23H21FN4O/c1-16(24)19-9-10-21(27-22(19)23(29)18-8-5-11-25-14-18)28-13-12-26-20(15-28)17-6-3-2-4-7-17/h2-11,14,20,26H,1,12-13,15H2. The van der Waals surface area contributed by atoms with Crippen molar-refractivity contribution < 1.29 is 9.18 Å². The van der Waals surface area contributed by atoms with Gasteiger partial charge in [0.2, 0.25) is 5.78 Å². The summed E-state index contributed by atoms with van der Waals surface area (Å²) in [5.74, 6) is -0.410. The monoisotopic (exact) mass is 388 g/mol. The number of piperazine rings is 1. The van der Waals surface area contributed by atoms with Crippen molar-refractivity contribution >= 4 is 17.4 Å². The van der Waals surface area contributed by atoms with E-state index in [1.807, 2.05) is 18.2 Å². The molecule has 0 amide bonds. The maximum absolute atomic E-state index is 14.0. The molecule has 1 N–H and O–H groups in total. The molecule has 146 valence electrons. The van der Waals surface area contributed by atoms with Crippen LogP contribution in [0.2, 0.25) is 0 Å². The fourth-order valence-corrected chi connectivity index (χ4v) is 3.52. The molecular weight excluding hydrogens is 367 g/mol. The first kappa shape index (κ1) is 19.0. The Kier molecular flexibility index (Phi) is 5.44. The smallest absolute Gasteiger partial charge is 0.213 e. The number of hydrogen-bond acceptors (Lipinski definition) is 5. The molecule has 3 aromatic rings. The van der Waals surface area contributed by atoms with E-state index in [9.17, 15) is 9.18 Å². The molecule has 4 rings (SSSR count). The van der Waals surface area contributed by atoms with Gasteiger partial charge in [0.05, 0.1) is 0 Å². The zero-order chi connectivity index (χ0) is 20.2. The number of carbonyl (C=O) groups excluding carboxylic acids is 1. The number of anilines is 1. The van der Waals surface area contributed by atoms with Gasteiger partial charge in [-0.1, -0.05) is 36.9 Å². The molecule has 1 saturated heterocycles. The number of ketones is 1. The van der Waals surface area contributed by atoms with E-state index in [1.165, 1.54) is 11.8 Å². The van der Waals surface area contributed by atoms with Crippen LogP contribution in [0.5, 0.6) is 0 Å². The SMILES string of the molecule is C=C(F)c1ccc(N2CCNC(c3ccccc3)C2)nc1C(=O)c1cccnc1. The Morgan fingerprint density at radius 1 is 1.14 bits per heavy atom. The number of hydrogen-bond donors (Lipinski definition) is 1. The summed E-state index contributed by atoms with van der Waals surface area (Å²) in [6.07, 6.45) is 3.04. The van der Waals surface area contributed by atoms with Gasteiger partial charge in [0.25, 0.3) is 0 Å². The largest absolute Gasteiger partial charge is 0.353 e. The van der Waals surface area contributed by atoms with Crippen molar-refractivity contribution in [2.24, 2.45) is 0 Å². The molecule has 0 spiro atoms. The minimum absolute atomic E-state index is 0.0535. The van der Waals surface area contributed by atoms with Gasteiger partial charge >= 0.3 is 0 Å². The molecule has 1 aliphatic heterocycles. The molecule has 1 fully saturated rings. The van der Waals surface area contributed by atoms with E-state index < -0.39 is 5.83 Å². The van der Waals surface area contributed by atoms with Crippen LogP contribution in [0, 0.1) is 0 Å². The van der Waals surface area contributed by atoms with Crippen molar-refractivity contribution in [1.29, 1.82) is 0 Å². The van der Waals surface area contributed by atoms with Crippen LogP contribution in [-0.2, 0) is 0 Å². The summed E-state index contributed by atoms with van der Waals surface area (Å²) in [5.41, 5.74) is 1.72. The van der Waals surface area contributed by atoms with E-state index in [2.05, 4.69) is 38.9 Å². The highest BCUT2D eigenvalue weighted by Crippen LogP contribution is 2.26. The second-order valence-electron chi connectivity index (χ2n) is 6.90. The summed E-state index contributed by atoms with van der Waals surface area (Å²) in [6, 6.07) is 17.0. The highest BCUT2D eigenvalue weighted by molar-refractivity contribution is 6.10. The van der Waals surface area contributed by atoms with E-state index in [0.717, 1.165) is 13.1 Å². The predicted octanol–water partition coefficient (Wildman–Crippen LogP) is 3.80. The van der Waals surface area contributed by atoms with Gasteiger partial charge < -0.3 is 10.2 Å². The number of benzene rings is 1. The maximum Gasteiger partial charge on any atom is 0.213 e. The van der Waals surface area contributed by atoms with Crippen molar-refractivity contribution in [2.45, 2.75) is 6.04 Å². The van der Waals surface area contributed by atoms with Crippen LogP contribution in [0.4, 0.5) is 10.2 Å². The van der Waals surface area contributed by atoms with Gasteiger partial charge in [-0.2, -0.15) is 0 Å². The quantitative estimate of drug-likeness (QED) is 0.674. The van der Waals surface area contributed by atoms with Crippen LogP contribution in [0.3, 0.4) is 0 Å². The molecule has 1 aliphatic rings. The normalized spacial score (nSPS) is 16.4. The van der Waals surface area contributed by atoms with Crippen molar-refractivity contribution in [3.63, 3.8) is 0 Å². The zero-order valence-electron chi connectivity index (χ0n) is 15.9. The van der Waals surface area contributed by atoms with Gasteiger partial charge in [-0.15, -0.1) is 0 Å². The van der Waals surface area contributed by atoms with E-state index in [1.54, 1.807) is 30.5 Å². The van der Waals surface area contributed by atoms with Crippen LogP contribution in [0.15, 0.2) is 73.6 Å². The Labute approximate surface area is 168 Å². The molecule has 1 aromatic carbocycles. The third-order valence-corrected chi connectivity index (χ3v) is 5.01. The lowest BCUT2D eigenvalue weighted by Gasteiger charge is -2.35. The van der Waals surface area contributed by atoms with Crippen molar-refractivity contribution in [1.82, 2.24) is 15.3 Å². The number of nitrogens with one attached hydrogen (secondary N) is 1. The minimum Gasteiger partial charge on any atom is -0.353 e. The minimum atomic E-state index is -0.682. The fourth-order valence-electron chi connectivity index (χ4n) is 3.52. The number of pyridine rings is 2. The first-order valence-electron chi connectivity index (χ1n) is 9.47. The van der Waals surface area contributed by atoms with E-state index in [0.29, 0.717) is 17.9 Å². The fraction of sp³-hybridized carbons (Fsp3) is 0.174. The van der Waals surface area contributed by atoms with Gasteiger partial charge in [0.1, 0.15) is 17.3 Å². The molecular formula is C23H21FN4O. The molecule has 29 heavy (non-hydrogen) atoms. The van der Waals surface area contributed by atoms with Crippen LogP contribution >= 0.6 is 0 Å². The summed E-state index contributed by atoms with van der Waals surface area (Å²) >= 11 is 0. The summed E-state index contributed by atoms with van der Waals surface area (Å²) in [5, 5.41) is 3.51. The topological polar surface area (TPSA) is 58.1 Å². The molecule has 5 nitrogen and oxygen atoms in total. The molecule has 6 heteroatoms. The lowest BCUT2D eigenvalue weighted by Crippen LogP contribution is -2.46. The lowest BCUT2D eigenvalue weighted by molar-refractivity contribution is 0.103. The van der Waals surface area contributed by atoms with Crippen molar-refractivity contribution in [3.05, 3.63) is 96.0 Å². The number of aromatic nitrogens is 2. The number of carbonyl (C=O) groups is 1. The van der Waals surface area contributed by atoms with Crippen molar-refractivity contribution in [2.75, 3.05) is 24.5 Å². The summed E-state index contributed by atoms with van der Waals surface area (Å²) in [4.78, 5) is 23.6. The molecule has 2 aromatic heterocycles. The Balaban J connectivity index is 1.66.